The molecule has 1 unspecified atom stereocenters. The minimum atomic E-state index is -0.472. The van der Waals surface area contributed by atoms with Crippen LogP contribution in [0.5, 0.6) is 0 Å². The summed E-state index contributed by atoms with van der Waals surface area (Å²) in [7, 11) is 0. The highest BCUT2D eigenvalue weighted by Crippen LogP contribution is 2.28. The van der Waals surface area contributed by atoms with E-state index in [1.54, 1.807) is 54.6 Å². The van der Waals surface area contributed by atoms with Crippen LogP contribution in [0.25, 0.3) is 6.08 Å². The molecule has 0 aliphatic heterocycles. The van der Waals surface area contributed by atoms with E-state index in [-0.39, 0.29) is 11.6 Å². The van der Waals surface area contributed by atoms with Crippen LogP contribution < -0.4 is 16.0 Å². The SMILES string of the molecule is Cc1cccc(/C=C(/NC(=O)c2ccccc2)C(=O)Nc2cccc(SC(C)C(=O)Nc3ccc(C)c(Cl)c3)c2)c1. The minimum absolute atomic E-state index is 0.104. The van der Waals surface area contributed by atoms with Gasteiger partial charge < -0.3 is 16.0 Å². The van der Waals surface area contributed by atoms with Crippen LogP contribution in [0.4, 0.5) is 11.4 Å². The van der Waals surface area contributed by atoms with Gasteiger partial charge in [-0.25, -0.2) is 0 Å². The van der Waals surface area contributed by atoms with Crippen molar-refractivity contribution in [2.75, 3.05) is 10.6 Å². The van der Waals surface area contributed by atoms with E-state index in [1.165, 1.54) is 11.8 Å². The monoisotopic (exact) mass is 583 g/mol. The van der Waals surface area contributed by atoms with E-state index in [4.69, 9.17) is 11.6 Å². The summed E-state index contributed by atoms with van der Waals surface area (Å²) in [4.78, 5) is 39.9. The van der Waals surface area contributed by atoms with Gasteiger partial charge in [0.25, 0.3) is 11.8 Å². The number of carbonyl (C=O) groups excluding carboxylic acids is 3. The summed E-state index contributed by atoms with van der Waals surface area (Å²) in [6.07, 6.45) is 1.64. The van der Waals surface area contributed by atoms with Gasteiger partial charge in [0, 0.05) is 26.9 Å². The molecule has 3 N–H and O–H groups in total. The smallest absolute Gasteiger partial charge is 0.272 e. The zero-order chi connectivity index (χ0) is 29.4. The summed E-state index contributed by atoms with van der Waals surface area (Å²) >= 11 is 7.54. The lowest BCUT2D eigenvalue weighted by Gasteiger charge is -2.14. The number of amides is 3. The first-order valence-corrected chi connectivity index (χ1v) is 14.2. The Balaban J connectivity index is 1.47. The highest BCUT2D eigenvalue weighted by Gasteiger charge is 2.18. The van der Waals surface area contributed by atoms with Crippen molar-refractivity contribution in [3.05, 3.63) is 130 Å². The van der Waals surface area contributed by atoms with Crippen molar-refractivity contribution in [1.29, 1.82) is 0 Å². The standard InChI is InChI=1S/C33H30ClN3O3S/c1-21-9-7-10-24(17-21)18-30(37-32(39)25-11-5-4-6-12-25)33(40)36-26-13-8-14-28(19-26)41-23(3)31(38)35-27-16-15-22(2)29(34)20-27/h4-20,23H,1-3H3,(H,35,38)(H,36,40)(H,37,39)/b30-18+. The number of halogens is 1. The number of thioether (sulfide) groups is 1. The van der Waals surface area contributed by atoms with Crippen LogP contribution in [0, 0.1) is 13.8 Å². The third kappa shape index (κ3) is 8.58. The van der Waals surface area contributed by atoms with Crippen LogP contribution in [-0.2, 0) is 9.59 Å². The van der Waals surface area contributed by atoms with Gasteiger partial charge in [0.15, 0.2) is 0 Å². The number of anilines is 2. The molecule has 4 aromatic carbocycles. The first-order valence-electron chi connectivity index (χ1n) is 13.0. The Morgan fingerprint density at radius 3 is 2.27 bits per heavy atom. The molecule has 0 aliphatic rings. The van der Waals surface area contributed by atoms with E-state index in [2.05, 4.69) is 16.0 Å². The van der Waals surface area contributed by atoms with Crippen LogP contribution in [0.2, 0.25) is 5.02 Å². The Bertz CT molecular complexity index is 1600. The molecule has 6 nitrogen and oxygen atoms in total. The lowest BCUT2D eigenvalue weighted by atomic mass is 10.1. The zero-order valence-electron chi connectivity index (χ0n) is 22.9. The second-order valence-electron chi connectivity index (χ2n) is 9.49. The summed E-state index contributed by atoms with van der Waals surface area (Å²) in [6, 6.07) is 29.0. The summed E-state index contributed by atoms with van der Waals surface area (Å²) in [5, 5.41) is 8.69. The van der Waals surface area contributed by atoms with Crippen molar-refractivity contribution < 1.29 is 14.4 Å². The van der Waals surface area contributed by atoms with Crippen molar-refractivity contribution in [2.24, 2.45) is 0 Å². The van der Waals surface area contributed by atoms with Gasteiger partial charge in [0.05, 0.1) is 5.25 Å². The van der Waals surface area contributed by atoms with Gasteiger partial charge >= 0.3 is 0 Å². The van der Waals surface area contributed by atoms with Crippen LogP contribution >= 0.6 is 23.4 Å². The fraction of sp³-hybridized carbons (Fsp3) is 0.121. The number of aryl methyl sites for hydroxylation is 2. The first kappa shape index (κ1) is 29.6. The lowest BCUT2D eigenvalue weighted by Crippen LogP contribution is -2.30. The molecule has 0 bridgehead atoms. The van der Waals surface area contributed by atoms with E-state index in [1.807, 2.05) is 69.3 Å². The van der Waals surface area contributed by atoms with Crippen LogP contribution in [0.3, 0.4) is 0 Å². The average molecular weight is 584 g/mol. The molecule has 0 aromatic heterocycles. The molecule has 0 heterocycles. The molecule has 8 heteroatoms. The quantitative estimate of drug-likeness (QED) is 0.141. The van der Waals surface area contributed by atoms with Crippen molar-refractivity contribution >= 4 is 58.5 Å². The molecule has 3 amide bonds. The predicted octanol–water partition coefficient (Wildman–Crippen LogP) is 7.49. The maximum absolute atomic E-state index is 13.4. The molecule has 208 valence electrons. The van der Waals surface area contributed by atoms with Crippen molar-refractivity contribution in [3.8, 4) is 0 Å². The normalized spacial score (nSPS) is 11.9. The Morgan fingerprint density at radius 2 is 1.54 bits per heavy atom. The molecule has 4 rings (SSSR count). The molecule has 0 spiro atoms. The minimum Gasteiger partial charge on any atom is -0.325 e. The van der Waals surface area contributed by atoms with Crippen molar-refractivity contribution in [3.63, 3.8) is 0 Å². The van der Waals surface area contributed by atoms with Crippen LogP contribution in [0.1, 0.15) is 34.0 Å². The molecule has 41 heavy (non-hydrogen) atoms. The molecular formula is C33H30ClN3O3S. The van der Waals surface area contributed by atoms with Gasteiger partial charge in [-0.1, -0.05) is 71.8 Å². The summed E-state index contributed by atoms with van der Waals surface area (Å²) in [6.45, 7) is 5.67. The number of hydrogen-bond donors (Lipinski definition) is 3. The van der Waals surface area contributed by atoms with E-state index in [0.29, 0.717) is 22.0 Å². The number of rotatable bonds is 9. The first-order chi connectivity index (χ1) is 19.7. The van der Waals surface area contributed by atoms with Crippen molar-refractivity contribution in [1.82, 2.24) is 5.32 Å². The molecule has 0 saturated heterocycles. The van der Waals surface area contributed by atoms with Gasteiger partial charge in [-0.3, -0.25) is 14.4 Å². The number of nitrogens with one attached hydrogen (secondary N) is 3. The van der Waals surface area contributed by atoms with E-state index < -0.39 is 17.1 Å². The van der Waals surface area contributed by atoms with E-state index in [0.717, 1.165) is 21.6 Å². The number of carbonyl (C=O) groups is 3. The second-order valence-corrected chi connectivity index (χ2v) is 11.3. The fourth-order valence-electron chi connectivity index (χ4n) is 3.89. The third-order valence-corrected chi connectivity index (χ3v) is 7.60. The molecule has 0 fully saturated rings. The maximum atomic E-state index is 13.4. The van der Waals surface area contributed by atoms with E-state index >= 15 is 0 Å². The predicted molar refractivity (Wildman–Crippen MR) is 168 cm³/mol. The molecule has 1 atom stereocenters. The van der Waals surface area contributed by atoms with E-state index in [9.17, 15) is 14.4 Å². The van der Waals surface area contributed by atoms with Gasteiger partial charge in [-0.15, -0.1) is 11.8 Å². The lowest BCUT2D eigenvalue weighted by molar-refractivity contribution is -0.115. The van der Waals surface area contributed by atoms with Gasteiger partial charge in [0.1, 0.15) is 5.70 Å². The average Bonchev–Trinajstić information content (AvgIpc) is 2.95. The fourth-order valence-corrected chi connectivity index (χ4v) is 4.99. The summed E-state index contributed by atoms with van der Waals surface area (Å²) in [5.74, 6) is -1.03. The number of benzene rings is 4. The molecule has 0 radical (unpaired) electrons. The van der Waals surface area contributed by atoms with Gasteiger partial charge in [-0.05, 0) is 80.4 Å². The third-order valence-electron chi connectivity index (χ3n) is 6.10. The second kappa shape index (κ2) is 13.8. The Labute approximate surface area is 249 Å². The summed E-state index contributed by atoms with van der Waals surface area (Å²) < 4.78 is 0. The maximum Gasteiger partial charge on any atom is 0.272 e. The van der Waals surface area contributed by atoms with Crippen LogP contribution in [-0.4, -0.2) is 23.0 Å². The summed E-state index contributed by atoms with van der Waals surface area (Å²) in [5.41, 5.74) is 4.44. The highest BCUT2D eigenvalue weighted by atomic mass is 35.5. The molecule has 4 aromatic rings. The Kier molecular flexibility index (Phi) is 10.0. The zero-order valence-corrected chi connectivity index (χ0v) is 24.5. The molecule has 0 aliphatic carbocycles. The largest absolute Gasteiger partial charge is 0.325 e. The van der Waals surface area contributed by atoms with Crippen molar-refractivity contribution in [2.45, 2.75) is 30.9 Å². The Hall–Kier alpha value is -4.33. The van der Waals surface area contributed by atoms with Crippen LogP contribution in [0.15, 0.2) is 108 Å². The highest BCUT2D eigenvalue weighted by molar-refractivity contribution is 8.00. The van der Waals surface area contributed by atoms with Gasteiger partial charge in [-0.2, -0.15) is 0 Å². The van der Waals surface area contributed by atoms with Gasteiger partial charge in [0.2, 0.25) is 5.91 Å². The Morgan fingerprint density at radius 1 is 0.805 bits per heavy atom. The number of hydrogen-bond acceptors (Lipinski definition) is 4. The molecular weight excluding hydrogens is 554 g/mol. The molecule has 0 saturated carbocycles. The topological polar surface area (TPSA) is 87.3 Å².